The second-order valence-corrected chi connectivity index (χ2v) is 8.74. The summed E-state index contributed by atoms with van der Waals surface area (Å²) in [6.45, 7) is 1.14. The van der Waals surface area contributed by atoms with E-state index in [-0.39, 0.29) is 16.9 Å². The number of benzene rings is 1. The molecule has 9 heteroatoms. The topological polar surface area (TPSA) is 89.9 Å². The van der Waals surface area contributed by atoms with Gasteiger partial charge in [-0.1, -0.05) is 11.8 Å². The quantitative estimate of drug-likeness (QED) is 0.564. The van der Waals surface area contributed by atoms with Gasteiger partial charge in [0.05, 0.1) is 16.2 Å². The van der Waals surface area contributed by atoms with Crippen molar-refractivity contribution in [3.05, 3.63) is 34.7 Å². The molecule has 1 fully saturated rings. The lowest BCUT2D eigenvalue weighted by molar-refractivity contribution is -0.552. The van der Waals surface area contributed by atoms with Crippen molar-refractivity contribution in [2.45, 2.75) is 10.3 Å². The lowest BCUT2D eigenvalue weighted by Gasteiger charge is -2.02. The first kappa shape index (κ1) is 16.9. The molecule has 1 saturated heterocycles. The molecule has 3 rings (SSSR count). The monoisotopic (exact) mass is 367 g/mol. The molecule has 0 bridgehead atoms. The number of rotatable bonds is 4. The molecular formula is C15H17N3O4S2+2. The van der Waals surface area contributed by atoms with Crippen LogP contribution in [0.15, 0.2) is 34.2 Å². The van der Waals surface area contributed by atoms with E-state index >= 15 is 0 Å². The van der Waals surface area contributed by atoms with Crippen molar-refractivity contribution in [2.75, 3.05) is 31.7 Å². The Morgan fingerprint density at radius 3 is 2.75 bits per heavy atom. The molecule has 2 heterocycles. The lowest BCUT2D eigenvalue weighted by Crippen LogP contribution is -2.27. The molecule has 24 heavy (non-hydrogen) atoms. The van der Waals surface area contributed by atoms with Gasteiger partial charge in [0, 0.05) is 15.9 Å². The molecule has 0 aliphatic carbocycles. The van der Waals surface area contributed by atoms with Crippen molar-refractivity contribution in [1.82, 2.24) is 4.67 Å². The summed E-state index contributed by atoms with van der Waals surface area (Å²) in [5, 5.41) is -0.198. The van der Waals surface area contributed by atoms with E-state index in [0.29, 0.717) is 24.7 Å². The van der Waals surface area contributed by atoms with E-state index in [4.69, 9.17) is 4.74 Å². The highest BCUT2D eigenvalue weighted by Gasteiger charge is 2.34. The first-order chi connectivity index (χ1) is 11.4. The van der Waals surface area contributed by atoms with Gasteiger partial charge >= 0.3 is 11.6 Å². The highest BCUT2D eigenvalue weighted by Crippen LogP contribution is 2.19. The summed E-state index contributed by atoms with van der Waals surface area (Å²) >= 11 is 1.57. The molecule has 0 aromatic heterocycles. The van der Waals surface area contributed by atoms with E-state index in [9.17, 15) is 13.3 Å². The number of aliphatic imine (C=N–C) groups is 1. The van der Waals surface area contributed by atoms with Gasteiger partial charge in [-0.05, 0) is 28.9 Å². The van der Waals surface area contributed by atoms with Crippen LogP contribution in [-0.4, -0.2) is 68.1 Å². The van der Waals surface area contributed by atoms with Crippen LogP contribution in [0, 0.1) is 4.91 Å². The minimum Gasteiger partial charge on any atom is -0.426 e. The Kier molecular flexibility index (Phi) is 4.84. The summed E-state index contributed by atoms with van der Waals surface area (Å²) in [5.74, 6) is 1.27. The van der Waals surface area contributed by atoms with Crippen LogP contribution in [0.1, 0.15) is 5.56 Å². The molecule has 0 N–H and O–H groups in total. The Bertz CT molecular complexity index is 853. The fourth-order valence-corrected chi connectivity index (χ4v) is 3.93. The fraction of sp³-hybridized carbons (Fsp3) is 0.400. The van der Waals surface area contributed by atoms with Gasteiger partial charge in [-0.3, -0.25) is 4.99 Å². The molecule has 1 aromatic carbocycles. The average molecular weight is 367 g/mol. The van der Waals surface area contributed by atoms with Crippen LogP contribution < -0.4 is 4.67 Å². The summed E-state index contributed by atoms with van der Waals surface area (Å²) < 4.78 is 34.1. The van der Waals surface area contributed by atoms with Crippen molar-refractivity contribution < 1.29 is 17.9 Å². The van der Waals surface area contributed by atoms with Crippen LogP contribution in [-0.2, 0) is 14.6 Å². The third kappa shape index (κ3) is 3.92. The number of nitroso groups, excluding NO2 is 1. The Morgan fingerprint density at radius 2 is 2.12 bits per heavy atom. The summed E-state index contributed by atoms with van der Waals surface area (Å²) in [6, 6.07) is 6.47. The molecule has 0 radical (unpaired) electrons. The first-order valence-corrected chi connectivity index (χ1v) is 10.3. The zero-order valence-electron chi connectivity index (χ0n) is 13.1. The minimum atomic E-state index is -3.22. The van der Waals surface area contributed by atoms with Crippen LogP contribution >= 0.6 is 11.8 Å². The molecule has 126 valence electrons. The molecule has 7 nitrogen and oxygen atoms in total. The molecule has 0 amide bonds. The van der Waals surface area contributed by atoms with Gasteiger partial charge in [0.25, 0.3) is 5.37 Å². The van der Waals surface area contributed by atoms with E-state index < -0.39 is 9.84 Å². The number of thioether (sulfide) groups is 1. The van der Waals surface area contributed by atoms with Gasteiger partial charge in [0.1, 0.15) is 6.21 Å². The number of hydrogen-bond donors (Lipinski definition) is 0. The molecule has 1 unspecified atom stereocenters. The maximum Gasteiger partial charge on any atom is 0.484 e. The Morgan fingerprint density at radius 1 is 1.38 bits per heavy atom. The van der Waals surface area contributed by atoms with Crippen molar-refractivity contribution in [2.24, 2.45) is 4.99 Å². The van der Waals surface area contributed by atoms with Crippen LogP contribution in [0.2, 0.25) is 0 Å². The Hall–Kier alpha value is -1.96. The minimum absolute atomic E-state index is 0.198. The lowest BCUT2D eigenvalue weighted by atomic mass is 10.1. The third-order valence-corrected chi connectivity index (χ3v) is 5.90. The average Bonchev–Trinajstić information content (AvgIpc) is 2.98. The Labute approximate surface area is 144 Å². The van der Waals surface area contributed by atoms with E-state index in [2.05, 4.69) is 9.66 Å². The molecule has 0 spiro atoms. The van der Waals surface area contributed by atoms with Crippen molar-refractivity contribution in [3.63, 3.8) is 0 Å². The third-order valence-electron chi connectivity index (χ3n) is 3.60. The van der Waals surface area contributed by atoms with Crippen LogP contribution in [0.5, 0.6) is 0 Å². The summed E-state index contributed by atoms with van der Waals surface area (Å²) in [4.78, 5) is 16.0. The summed E-state index contributed by atoms with van der Waals surface area (Å²) in [5.41, 5.74) is 1.36. The first-order valence-electron chi connectivity index (χ1n) is 7.36. The van der Waals surface area contributed by atoms with Crippen LogP contribution in [0.3, 0.4) is 0 Å². The highest BCUT2D eigenvalue weighted by molar-refractivity contribution is 7.99. The number of sulfone groups is 1. The van der Waals surface area contributed by atoms with E-state index in [1.165, 1.54) is 6.26 Å². The van der Waals surface area contributed by atoms with Gasteiger partial charge in [-0.25, -0.2) is 8.42 Å². The molecule has 2 aliphatic rings. The second kappa shape index (κ2) is 6.88. The molecule has 1 atom stereocenters. The summed E-state index contributed by atoms with van der Waals surface area (Å²) in [6.07, 6.45) is 2.80. The van der Waals surface area contributed by atoms with Crippen molar-refractivity contribution >= 4 is 39.4 Å². The van der Waals surface area contributed by atoms with Gasteiger partial charge in [0.2, 0.25) is 6.54 Å². The van der Waals surface area contributed by atoms with E-state index in [1.54, 1.807) is 42.2 Å². The number of ether oxygens (including phenoxy) is 1. The normalized spacial score (nSPS) is 20.7. The largest absolute Gasteiger partial charge is 0.484 e. The molecular weight excluding hydrogens is 350 g/mol. The Balaban J connectivity index is 1.77. The molecule has 0 saturated carbocycles. The zero-order chi connectivity index (χ0) is 17.2. The van der Waals surface area contributed by atoms with E-state index in [1.807, 2.05) is 0 Å². The maximum absolute atomic E-state index is 11.5. The smallest absolute Gasteiger partial charge is 0.426 e. The summed E-state index contributed by atoms with van der Waals surface area (Å²) in [7, 11) is -3.22. The van der Waals surface area contributed by atoms with Crippen LogP contribution in [0.4, 0.5) is 0 Å². The van der Waals surface area contributed by atoms with Gasteiger partial charge in [0.15, 0.2) is 23.0 Å². The predicted octanol–water partition coefficient (Wildman–Crippen LogP) is 0.298. The highest BCUT2D eigenvalue weighted by atomic mass is 32.2. The van der Waals surface area contributed by atoms with Crippen molar-refractivity contribution in [3.8, 4) is 0 Å². The van der Waals surface area contributed by atoms with Gasteiger partial charge in [-0.15, -0.1) is 0 Å². The van der Waals surface area contributed by atoms with E-state index in [0.717, 1.165) is 16.1 Å². The predicted molar refractivity (Wildman–Crippen MR) is 94.9 cm³/mol. The van der Waals surface area contributed by atoms with Gasteiger partial charge < -0.3 is 4.74 Å². The zero-order valence-corrected chi connectivity index (χ0v) is 14.7. The number of nitrogens with zero attached hydrogens (tertiary/aromatic N) is 3. The maximum atomic E-state index is 11.5. The van der Waals surface area contributed by atoms with Crippen LogP contribution in [0.25, 0.3) is 0 Å². The standard InChI is InChI=1S/C15H17N3O4S2/c1-24(20,21)12-4-2-11(3-5-12)13-8-16-9-14(17-13)22-10-15-18(19)6-7-23-15/h2-5,8,15H,6-7,9-10H2,1H3/q+2. The second-order valence-electron chi connectivity index (χ2n) is 5.43. The van der Waals surface area contributed by atoms with Gasteiger partial charge in [-0.2, -0.15) is 0 Å². The fourth-order valence-electron chi connectivity index (χ4n) is 2.30. The molecule has 2 aliphatic heterocycles. The SMILES string of the molecule is CS(=O)(=O)c1ccc(C2=[N+]=C(OCC3SCC[N+]3=O)CN=C2)cc1. The van der Waals surface area contributed by atoms with Crippen molar-refractivity contribution in [1.29, 1.82) is 0 Å². The molecule has 1 aromatic rings. The number of hydrogen-bond acceptors (Lipinski definition) is 6.